The van der Waals surface area contributed by atoms with Gasteiger partial charge < -0.3 is 14.8 Å². The Balaban J connectivity index is 1.83. The topological polar surface area (TPSA) is 81.7 Å². The number of ether oxygens (including phenoxy) is 2. The number of benzene rings is 1. The van der Waals surface area contributed by atoms with Crippen molar-refractivity contribution in [2.45, 2.75) is 51.7 Å². The minimum Gasteiger partial charge on any atom is -0.465 e. The van der Waals surface area contributed by atoms with Crippen LogP contribution >= 0.6 is 0 Å². The average molecular weight is 373 g/mol. The van der Waals surface area contributed by atoms with Crippen LogP contribution in [0, 0.1) is 5.92 Å². The van der Waals surface area contributed by atoms with E-state index in [-0.39, 0.29) is 11.9 Å². The van der Waals surface area contributed by atoms with Crippen molar-refractivity contribution in [3.63, 3.8) is 0 Å². The Kier molecular flexibility index (Phi) is 7.58. The van der Waals surface area contributed by atoms with E-state index in [4.69, 9.17) is 4.74 Å². The highest BCUT2D eigenvalue weighted by molar-refractivity contribution is 5.91. The second-order valence-electron chi connectivity index (χ2n) is 6.90. The summed E-state index contributed by atoms with van der Waals surface area (Å²) < 4.78 is 9.81. The van der Waals surface area contributed by atoms with Crippen LogP contribution in [0.4, 0.5) is 0 Å². The standard InChI is InChI=1S/C21H27NO5/c1-14-6-4-5-7-18(14)22-20(24)15(2)27-19(23)13-10-16-8-11-17(12-9-16)21(25)26-3/h8-15,18H,4-7H2,1-3H3,(H,22,24)/b13-10+/t14-,15-,18-/m1/s1. The largest absolute Gasteiger partial charge is 0.465 e. The molecule has 1 fully saturated rings. The van der Waals surface area contributed by atoms with Crippen LogP contribution in [0.1, 0.15) is 55.5 Å². The van der Waals surface area contributed by atoms with Gasteiger partial charge in [0.05, 0.1) is 12.7 Å². The lowest BCUT2D eigenvalue weighted by Crippen LogP contribution is -2.45. The van der Waals surface area contributed by atoms with Gasteiger partial charge in [-0.2, -0.15) is 0 Å². The van der Waals surface area contributed by atoms with Gasteiger partial charge in [-0.15, -0.1) is 0 Å². The Morgan fingerprint density at radius 1 is 1.15 bits per heavy atom. The third-order valence-corrected chi connectivity index (χ3v) is 4.84. The number of amides is 1. The van der Waals surface area contributed by atoms with Crippen molar-refractivity contribution >= 4 is 23.9 Å². The molecule has 1 aromatic carbocycles. The number of methoxy groups -OCH3 is 1. The second-order valence-corrected chi connectivity index (χ2v) is 6.90. The van der Waals surface area contributed by atoms with Crippen LogP contribution in [-0.4, -0.2) is 37.1 Å². The van der Waals surface area contributed by atoms with Gasteiger partial charge in [0, 0.05) is 12.1 Å². The molecule has 0 unspecified atom stereocenters. The van der Waals surface area contributed by atoms with Crippen LogP contribution in [0.2, 0.25) is 0 Å². The second kappa shape index (κ2) is 9.90. The number of esters is 2. The van der Waals surface area contributed by atoms with Gasteiger partial charge in [0.2, 0.25) is 0 Å². The monoisotopic (exact) mass is 373 g/mol. The molecule has 1 aliphatic rings. The van der Waals surface area contributed by atoms with Crippen molar-refractivity contribution < 1.29 is 23.9 Å². The van der Waals surface area contributed by atoms with Gasteiger partial charge in [0.1, 0.15) is 0 Å². The van der Waals surface area contributed by atoms with Crippen LogP contribution in [0.15, 0.2) is 30.3 Å². The van der Waals surface area contributed by atoms with Crippen molar-refractivity contribution in [3.8, 4) is 0 Å². The summed E-state index contributed by atoms with van der Waals surface area (Å²) in [5, 5.41) is 2.99. The summed E-state index contributed by atoms with van der Waals surface area (Å²) in [4.78, 5) is 35.6. The molecule has 0 aromatic heterocycles. The maximum Gasteiger partial charge on any atom is 0.337 e. The highest BCUT2D eigenvalue weighted by Gasteiger charge is 2.25. The van der Waals surface area contributed by atoms with Gasteiger partial charge in [-0.05, 0) is 49.5 Å². The number of hydrogen-bond acceptors (Lipinski definition) is 5. The number of carbonyl (C=O) groups is 3. The molecule has 1 aromatic rings. The predicted octanol–water partition coefficient (Wildman–Crippen LogP) is 3.11. The van der Waals surface area contributed by atoms with Crippen LogP contribution in [0.3, 0.4) is 0 Å². The quantitative estimate of drug-likeness (QED) is 0.612. The molecule has 27 heavy (non-hydrogen) atoms. The van der Waals surface area contributed by atoms with E-state index in [0.29, 0.717) is 11.5 Å². The van der Waals surface area contributed by atoms with E-state index in [0.717, 1.165) is 24.8 Å². The SMILES string of the molecule is COC(=O)c1ccc(/C=C/C(=O)O[C@H](C)C(=O)N[C@@H]2CCCC[C@H]2C)cc1. The van der Waals surface area contributed by atoms with Crippen molar-refractivity contribution in [1.29, 1.82) is 0 Å². The molecular formula is C21H27NO5. The summed E-state index contributed by atoms with van der Waals surface area (Å²) in [6.07, 6.45) is 6.37. The molecule has 1 saturated carbocycles. The minimum absolute atomic E-state index is 0.149. The Hall–Kier alpha value is -2.63. The number of carbonyl (C=O) groups excluding carboxylic acids is 3. The van der Waals surface area contributed by atoms with E-state index in [1.807, 2.05) is 0 Å². The van der Waals surface area contributed by atoms with Crippen molar-refractivity contribution in [1.82, 2.24) is 5.32 Å². The zero-order valence-corrected chi connectivity index (χ0v) is 16.1. The first-order valence-electron chi connectivity index (χ1n) is 9.28. The summed E-state index contributed by atoms with van der Waals surface area (Å²) in [6, 6.07) is 6.75. The van der Waals surface area contributed by atoms with Crippen molar-refractivity contribution in [3.05, 3.63) is 41.5 Å². The number of hydrogen-bond donors (Lipinski definition) is 1. The fourth-order valence-corrected chi connectivity index (χ4v) is 3.11. The van der Waals surface area contributed by atoms with E-state index < -0.39 is 18.0 Å². The first-order chi connectivity index (χ1) is 12.9. The van der Waals surface area contributed by atoms with Crippen LogP contribution in [-0.2, 0) is 19.1 Å². The highest BCUT2D eigenvalue weighted by Crippen LogP contribution is 2.23. The molecular weight excluding hydrogens is 346 g/mol. The van der Waals surface area contributed by atoms with Gasteiger partial charge in [0.15, 0.2) is 6.10 Å². The van der Waals surface area contributed by atoms with Crippen molar-refractivity contribution in [2.24, 2.45) is 5.92 Å². The lowest BCUT2D eigenvalue weighted by Gasteiger charge is -2.30. The van der Waals surface area contributed by atoms with Gasteiger partial charge in [-0.3, -0.25) is 4.79 Å². The Bertz CT molecular complexity index is 695. The zero-order valence-electron chi connectivity index (χ0n) is 16.1. The predicted molar refractivity (Wildman–Crippen MR) is 102 cm³/mol. The third kappa shape index (κ3) is 6.24. The molecule has 0 bridgehead atoms. The molecule has 6 nitrogen and oxygen atoms in total. The number of rotatable bonds is 6. The summed E-state index contributed by atoms with van der Waals surface area (Å²) in [6.45, 7) is 3.70. The summed E-state index contributed by atoms with van der Waals surface area (Å²) in [5.41, 5.74) is 1.16. The fourth-order valence-electron chi connectivity index (χ4n) is 3.11. The van der Waals surface area contributed by atoms with Crippen LogP contribution in [0.5, 0.6) is 0 Å². The first kappa shape index (κ1) is 20.7. The molecule has 6 heteroatoms. The van der Waals surface area contributed by atoms with Crippen LogP contribution < -0.4 is 5.32 Å². The minimum atomic E-state index is -0.849. The molecule has 146 valence electrons. The molecule has 3 atom stereocenters. The smallest absolute Gasteiger partial charge is 0.337 e. The molecule has 1 amide bonds. The Morgan fingerprint density at radius 2 is 1.81 bits per heavy atom. The number of nitrogens with one attached hydrogen (secondary N) is 1. The van der Waals surface area contributed by atoms with Gasteiger partial charge in [-0.25, -0.2) is 9.59 Å². The van der Waals surface area contributed by atoms with E-state index >= 15 is 0 Å². The fraction of sp³-hybridized carbons (Fsp3) is 0.476. The maximum absolute atomic E-state index is 12.2. The third-order valence-electron chi connectivity index (χ3n) is 4.84. The molecule has 2 rings (SSSR count). The molecule has 0 saturated heterocycles. The van der Waals surface area contributed by atoms with Gasteiger partial charge in [0.25, 0.3) is 5.91 Å². The Morgan fingerprint density at radius 3 is 2.44 bits per heavy atom. The van der Waals surface area contributed by atoms with Crippen molar-refractivity contribution in [2.75, 3.05) is 7.11 Å². The highest BCUT2D eigenvalue weighted by atomic mass is 16.5. The van der Waals surface area contributed by atoms with Gasteiger partial charge >= 0.3 is 11.9 Å². The first-order valence-corrected chi connectivity index (χ1v) is 9.28. The summed E-state index contributed by atoms with van der Waals surface area (Å²) in [5.74, 6) is -0.833. The molecule has 1 N–H and O–H groups in total. The maximum atomic E-state index is 12.2. The Labute approximate surface area is 159 Å². The molecule has 0 heterocycles. The van der Waals surface area contributed by atoms with E-state index in [9.17, 15) is 14.4 Å². The summed E-state index contributed by atoms with van der Waals surface area (Å²) in [7, 11) is 1.32. The van der Waals surface area contributed by atoms with E-state index in [1.165, 1.54) is 19.6 Å². The van der Waals surface area contributed by atoms with E-state index in [2.05, 4.69) is 17.0 Å². The van der Waals surface area contributed by atoms with Gasteiger partial charge in [-0.1, -0.05) is 31.9 Å². The lowest BCUT2D eigenvalue weighted by atomic mass is 9.86. The molecule has 0 radical (unpaired) electrons. The van der Waals surface area contributed by atoms with E-state index in [1.54, 1.807) is 37.3 Å². The molecule has 1 aliphatic carbocycles. The summed E-state index contributed by atoms with van der Waals surface area (Å²) >= 11 is 0. The zero-order chi connectivity index (χ0) is 19.8. The normalized spacial score (nSPS) is 20.7. The van der Waals surface area contributed by atoms with Crippen LogP contribution in [0.25, 0.3) is 6.08 Å². The lowest BCUT2D eigenvalue weighted by molar-refractivity contribution is -0.150. The average Bonchev–Trinajstić information content (AvgIpc) is 2.67. The molecule has 0 spiro atoms. The molecule has 0 aliphatic heterocycles.